The number of aryl methyl sites for hydroxylation is 1. The maximum absolute atomic E-state index is 13.0. The summed E-state index contributed by atoms with van der Waals surface area (Å²) in [4.78, 5) is 17.5. The molecule has 0 saturated heterocycles. The first-order valence-electron chi connectivity index (χ1n) is 9.97. The molecule has 0 bridgehead atoms. The third kappa shape index (κ3) is 3.62. The number of carbonyl (C=O) groups excluding carboxylic acids is 1. The minimum absolute atomic E-state index is 0.0706. The molecule has 5 rings (SSSR count). The van der Waals surface area contributed by atoms with Crippen LogP contribution in [0.2, 0.25) is 10.0 Å². The van der Waals surface area contributed by atoms with Gasteiger partial charge in [0.05, 0.1) is 11.6 Å². The summed E-state index contributed by atoms with van der Waals surface area (Å²) in [6, 6.07) is 18.7. The first-order valence-corrected chi connectivity index (χ1v) is 10.7. The number of hydrogen-bond acceptors (Lipinski definition) is 3. The normalized spacial score (nSPS) is 15.1. The topological polar surface area (TPSA) is 62.2 Å². The van der Waals surface area contributed by atoms with Gasteiger partial charge in [-0.25, -0.2) is 0 Å². The van der Waals surface area contributed by atoms with Crippen molar-refractivity contribution in [3.8, 4) is 16.9 Å². The molecule has 0 spiro atoms. The van der Waals surface area contributed by atoms with E-state index in [0.717, 1.165) is 29.5 Å². The van der Waals surface area contributed by atoms with Crippen molar-refractivity contribution in [2.24, 2.45) is 0 Å². The molecule has 0 radical (unpaired) electrons. The highest BCUT2D eigenvalue weighted by Gasteiger charge is 2.25. The Morgan fingerprint density at radius 1 is 1.03 bits per heavy atom. The fourth-order valence-electron chi connectivity index (χ4n) is 4.26. The number of aromatic nitrogens is 1. The number of para-hydroxylation sites is 1. The maximum atomic E-state index is 13.0. The van der Waals surface area contributed by atoms with Crippen molar-refractivity contribution in [2.45, 2.75) is 18.9 Å². The lowest BCUT2D eigenvalue weighted by Crippen LogP contribution is -2.27. The highest BCUT2D eigenvalue weighted by atomic mass is 35.5. The molecule has 1 heterocycles. The number of nitrogens with one attached hydrogen (secondary N) is 1. The van der Waals surface area contributed by atoms with Crippen LogP contribution in [0.25, 0.3) is 22.0 Å². The largest absolute Gasteiger partial charge is 0.506 e. The number of rotatable bonds is 3. The molecular weight excluding hydrogens is 431 g/mol. The molecule has 1 amide bonds. The van der Waals surface area contributed by atoms with E-state index >= 15 is 0 Å². The van der Waals surface area contributed by atoms with Gasteiger partial charge in [0.25, 0.3) is 5.91 Å². The van der Waals surface area contributed by atoms with Gasteiger partial charge in [-0.1, -0.05) is 59.6 Å². The van der Waals surface area contributed by atoms with Crippen molar-refractivity contribution in [2.75, 3.05) is 0 Å². The quantitative estimate of drug-likeness (QED) is 0.384. The van der Waals surface area contributed by atoms with Crippen LogP contribution in [-0.2, 0) is 6.42 Å². The van der Waals surface area contributed by atoms with Gasteiger partial charge in [-0.05, 0) is 53.8 Å². The molecule has 1 atom stereocenters. The second-order valence-corrected chi connectivity index (χ2v) is 8.52. The van der Waals surface area contributed by atoms with Gasteiger partial charge in [0.1, 0.15) is 11.3 Å². The van der Waals surface area contributed by atoms with E-state index in [0.29, 0.717) is 20.9 Å². The number of hydrogen-bond donors (Lipinski definition) is 2. The van der Waals surface area contributed by atoms with Crippen LogP contribution in [0.15, 0.2) is 66.9 Å². The average Bonchev–Trinajstić information content (AvgIpc) is 3.16. The molecule has 1 aliphatic rings. The van der Waals surface area contributed by atoms with Crippen LogP contribution in [0.3, 0.4) is 0 Å². The number of halogens is 2. The van der Waals surface area contributed by atoms with Gasteiger partial charge < -0.3 is 10.4 Å². The van der Waals surface area contributed by atoms with Crippen LogP contribution >= 0.6 is 23.2 Å². The van der Waals surface area contributed by atoms with E-state index in [1.165, 1.54) is 11.8 Å². The minimum Gasteiger partial charge on any atom is -0.506 e. The molecule has 3 aromatic carbocycles. The van der Waals surface area contributed by atoms with Gasteiger partial charge in [0.15, 0.2) is 0 Å². The number of nitrogens with zero attached hydrogens (tertiary/aromatic N) is 1. The third-order valence-corrected chi connectivity index (χ3v) is 6.16. The Labute approximate surface area is 189 Å². The van der Waals surface area contributed by atoms with Crippen LogP contribution in [-0.4, -0.2) is 16.0 Å². The number of amides is 1. The molecule has 4 nitrogen and oxygen atoms in total. The second-order valence-electron chi connectivity index (χ2n) is 7.64. The summed E-state index contributed by atoms with van der Waals surface area (Å²) >= 11 is 12.3. The van der Waals surface area contributed by atoms with Crippen molar-refractivity contribution in [1.29, 1.82) is 0 Å². The van der Waals surface area contributed by atoms with Crippen molar-refractivity contribution in [3.05, 3.63) is 93.6 Å². The summed E-state index contributed by atoms with van der Waals surface area (Å²) in [5.74, 6) is -0.437. The van der Waals surface area contributed by atoms with Gasteiger partial charge in [-0.15, -0.1) is 0 Å². The standard InChI is InChI=1S/C25H18Cl2N2O2/c26-16-10-15(11-17(27)12-16)19-6-3-7-20-23(19)28-13-21(24(20)30)25(31)29-22-9-8-14-4-1-2-5-18(14)22/h1-7,10-13,22H,8-9H2,(H,28,30)(H,29,31). The van der Waals surface area contributed by atoms with Gasteiger partial charge in [-0.3, -0.25) is 9.78 Å². The smallest absolute Gasteiger partial charge is 0.257 e. The Morgan fingerprint density at radius 3 is 2.61 bits per heavy atom. The average molecular weight is 449 g/mol. The van der Waals surface area contributed by atoms with Crippen molar-refractivity contribution in [1.82, 2.24) is 10.3 Å². The fraction of sp³-hybridized carbons (Fsp3) is 0.120. The molecule has 1 aromatic heterocycles. The molecule has 0 aliphatic heterocycles. The molecule has 2 N–H and O–H groups in total. The highest BCUT2D eigenvalue weighted by molar-refractivity contribution is 6.35. The minimum atomic E-state index is -0.343. The lowest BCUT2D eigenvalue weighted by molar-refractivity contribution is 0.0934. The Kier molecular flexibility index (Phi) is 5.05. The second kappa shape index (κ2) is 7.88. The summed E-state index contributed by atoms with van der Waals surface area (Å²) in [6.07, 6.45) is 3.19. The fourth-order valence-corrected chi connectivity index (χ4v) is 4.79. The third-order valence-electron chi connectivity index (χ3n) is 5.73. The monoisotopic (exact) mass is 448 g/mol. The molecule has 1 aliphatic carbocycles. The Balaban J connectivity index is 1.51. The Hall–Kier alpha value is -3.08. The Bertz CT molecular complexity index is 1320. The van der Waals surface area contributed by atoms with E-state index < -0.39 is 0 Å². The molecule has 0 saturated carbocycles. The molecular formula is C25H18Cl2N2O2. The van der Waals surface area contributed by atoms with Gasteiger partial charge >= 0.3 is 0 Å². The van der Waals surface area contributed by atoms with E-state index in [4.69, 9.17) is 23.2 Å². The zero-order valence-electron chi connectivity index (χ0n) is 16.4. The molecule has 154 valence electrons. The summed E-state index contributed by atoms with van der Waals surface area (Å²) < 4.78 is 0. The van der Waals surface area contributed by atoms with E-state index in [-0.39, 0.29) is 23.3 Å². The van der Waals surface area contributed by atoms with Crippen molar-refractivity contribution < 1.29 is 9.90 Å². The van der Waals surface area contributed by atoms with Crippen molar-refractivity contribution in [3.63, 3.8) is 0 Å². The highest BCUT2D eigenvalue weighted by Crippen LogP contribution is 2.36. The number of benzene rings is 3. The predicted octanol–water partition coefficient (Wildman–Crippen LogP) is 6.33. The van der Waals surface area contributed by atoms with Gasteiger partial charge in [-0.2, -0.15) is 0 Å². The van der Waals surface area contributed by atoms with E-state index in [1.807, 2.05) is 30.3 Å². The zero-order valence-corrected chi connectivity index (χ0v) is 17.9. The molecule has 1 unspecified atom stereocenters. The Morgan fingerprint density at radius 2 is 1.81 bits per heavy atom. The summed E-state index contributed by atoms with van der Waals surface area (Å²) in [5.41, 5.74) is 4.66. The zero-order chi connectivity index (χ0) is 21.5. The number of fused-ring (bicyclic) bond motifs is 2. The predicted molar refractivity (Wildman–Crippen MR) is 124 cm³/mol. The molecule has 31 heavy (non-hydrogen) atoms. The summed E-state index contributed by atoms with van der Waals surface area (Å²) in [5, 5.41) is 15.5. The molecule has 4 aromatic rings. The number of aromatic hydroxyl groups is 1. The lowest BCUT2D eigenvalue weighted by atomic mass is 10.00. The van der Waals surface area contributed by atoms with E-state index in [1.54, 1.807) is 24.3 Å². The maximum Gasteiger partial charge on any atom is 0.257 e. The van der Waals surface area contributed by atoms with Gasteiger partial charge in [0.2, 0.25) is 0 Å². The first-order chi connectivity index (χ1) is 15.0. The first kappa shape index (κ1) is 19.9. The number of pyridine rings is 1. The van der Waals surface area contributed by atoms with Crippen LogP contribution in [0.5, 0.6) is 5.75 Å². The van der Waals surface area contributed by atoms with Crippen LogP contribution in [0.1, 0.15) is 33.9 Å². The molecule has 0 fully saturated rings. The van der Waals surface area contributed by atoms with E-state index in [2.05, 4.69) is 16.4 Å². The summed E-state index contributed by atoms with van der Waals surface area (Å²) in [6.45, 7) is 0. The van der Waals surface area contributed by atoms with Crippen LogP contribution < -0.4 is 5.32 Å². The SMILES string of the molecule is O=C(NC1CCc2ccccc21)c1cnc2c(-c3cc(Cl)cc(Cl)c3)cccc2c1O. The van der Waals surface area contributed by atoms with Crippen molar-refractivity contribution >= 4 is 40.0 Å². The lowest BCUT2D eigenvalue weighted by Gasteiger charge is -2.16. The summed E-state index contributed by atoms with van der Waals surface area (Å²) in [7, 11) is 0. The van der Waals surface area contributed by atoms with Crippen LogP contribution in [0.4, 0.5) is 0 Å². The van der Waals surface area contributed by atoms with Gasteiger partial charge in [0, 0.05) is 27.2 Å². The molecule has 6 heteroatoms. The van der Waals surface area contributed by atoms with E-state index in [9.17, 15) is 9.90 Å². The van der Waals surface area contributed by atoms with Crippen LogP contribution in [0, 0.1) is 0 Å². The number of carbonyl (C=O) groups is 1.